The summed E-state index contributed by atoms with van der Waals surface area (Å²) in [6, 6.07) is 13.5. The minimum absolute atomic E-state index is 0.139. The van der Waals surface area contributed by atoms with Crippen LogP contribution in [0.3, 0.4) is 0 Å². The van der Waals surface area contributed by atoms with Crippen molar-refractivity contribution in [3.05, 3.63) is 64.3 Å². The highest BCUT2D eigenvalue weighted by Crippen LogP contribution is 2.40. The maximum Gasteiger partial charge on any atom is 0.240 e. The first-order valence-corrected chi connectivity index (χ1v) is 9.71. The quantitative estimate of drug-likeness (QED) is 0.581. The van der Waals surface area contributed by atoms with Gasteiger partial charge in [0.15, 0.2) is 11.5 Å². The fraction of sp³-hybridized carbons (Fsp3) is 0.227. The molecule has 0 radical (unpaired) electrons. The lowest BCUT2D eigenvalue weighted by atomic mass is 9.97. The van der Waals surface area contributed by atoms with E-state index in [1.165, 1.54) is 11.9 Å². The van der Waals surface area contributed by atoms with Crippen molar-refractivity contribution in [1.82, 2.24) is 9.99 Å². The molecule has 0 fully saturated rings. The van der Waals surface area contributed by atoms with Gasteiger partial charge in [-0.05, 0) is 24.6 Å². The third-order valence-electron chi connectivity index (χ3n) is 5.23. The lowest BCUT2D eigenvalue weighted by molar-refractivity contribution is -0.130. The third-order valence-corrected chi connectivity index (χ3v) is 5.54. The molecule has 5 rings (SSSR count). The topological polar surface area (TPSA) is 64.0 Å². The van der Waals surface area contributed by atoms with Crippen LogP contribution < -0.4 is 9.47 Å². The van der Waals surface area contributed by atoms with Gasteiger partial charge in [0.25, 0.3) is 0 Å². The molecule has 0 aliphatic carbocycles. The highest BCUT2D eigenvalue weighted by Gasteiger charge is 2.33. The van der Waals surface area contributed by atoms with Crippen molar-refractivity contribution < 1.29 is 14.3 Å². The number of hydrazone groups is 1. The van der Waals surface area contributed by atoms with Gasteiger partial charge in [0, 0.05) is 30.4 Å². The van der Waals surface area contributed by atoms with Gasteiger partial charge >= 0.3 is 0 Å². The van der Waals surface area contributed by atoms with Crippen LogP contribution in [0, 0.1) is 6.92 Å². The molecule has 6 nitrogen and oxygen atoms in total. The molecule has 2 aliphatic heterocycles. The standard InChI is InChI=1S/C22H18ClN3O3/c1-12-4-3-5-14(6-12)18-9-19(26(25-18)13(2)27)16-7-15-8-20-21(29-11-28-20)10-17(15)24-22(16)23/h3-8,10,19H,9,11H2,1-2H3. The fourth-order valence-corrected chi connectivity index (χ4v) is 4.10. The average Bonchev–Trinajstić information content (AvgIpc) is 3.32. The first kappa shape index (κ1) is 17.9. The van der Waals surface area contributed by atoms with E-state index in [9.17, 15) is 4.79 Å². The minimum Gasteiger partial charge on any atom is -0.454 e. The SMILES string of the molecule is CC(=O)N1N=C(c2cccc(C)c2)CC1c1cc2cc3c(cc2nc1Cl)OCO3. The second kappa shape index (κ2) is 6.74. The molecule has 1 amide bonds. The highest BCUT2D eigenvalue weighted by molar-refractivity contribution is 6.30. The Morgan fingerprint density at radius 2 is 1.97 bits per heavy atom. The van der Waals surface area contributed by atoms with E-state index in [0.29, 0.717) is 23.1 Å². The minimum atomic E-state index is -0.308. The Morgan fingerprint density at radius 1 is 1.17 bits per heavy atom. The van der Waals surface area contributed by atoms with Crippen LogP contribution in [0.5, 0.6) is 11.5 Å². The molecule has 1 atom stereocenters. The number of ether oxygens (including phenoxy) is 2. The predicted molar refractivity (Wildman–Crippen MR) is 110 cm³/mol. The normalized spacial score (nSPS) is 17.7. The van der Waals surface area contributed by atoms with E-state index in [1.807, 2.05) is 43.3 Å². The van der Waals surface area contributed by atoms with E-state index in [1.54, 1.807) is 0 Å². The van der Waals surface area contributed by atoms with Crippen LogP contribution in [0.1, 0.15) is 36.1 Å². The van der Waals surface area contributed by atoms with Gasteiger partial charge in [-0.15, -0.1) is 0 Å². The summed E-state index contributed by atoms with van der Waals surface area (Å²) in [4.78, 5) is 16.9. The van der Waals surface area contributed by atoms with Gasteiger partial charge in [-0.2, -0.15) is 5.10 Å². The van der Waals surface area contributed by atoms with E-state index in [2.05, 4.69) is 16.2 Å². The number of nitrogens with zero attached hydrogens (tertiary/aromatic N) is 3. The third kappa shape index (κ3) is 3.09. The van der Waals surface area contributed by atoms with Crippen LogP contribution in [-0.4, -0.2) is 28.4 Å². The summed E-state index contributed by atoms with van der Waals surface area (Å²) in [7, 11) is 0. The number of carbonyl (C=O) groups is 1. The summed E-state index contributed by atoms with van der Waals surface area (Å²) < 4.78 is 10.9. The number of fused-ring (bicyclic) bond motifs is 2. The Labute approximate surface area is 172 Å². The second-order valence-electron chi connectivity index (χ2n) is 7.27. The van der Waals surface area contributed by atoms with Crippen LogP contribution in [0.25, 0.3) is 10.9 Å². The fourth-order valence-electron chi connectivity index (χ4n) is 3.83. The summed E-state index contributed by atoms with van der Waals surface area (Å²) >= 11 is 6.55. The number of amides is 1. The summed E-state index contributed by atoms with van der Waals surface area (Å²) in [6.07, 6.45) is 0.570. The van der Waals surface area contributed by atoms with Gasteiger partial charge in [0.05, 0.1) is 17.3 Å². The molecule has 3 aromatic rings. The molecule has 0 saturated heterocycles. The Hall–Kier alpha value is -3.12. The molecule has 2 aromatic carbocycles. The molecule has 0 saturated carbocycles. The number of aromatic nitrogens is 1. The molecule has 1 unspecified atom stereocenters. The van der Waals surface area contributed by atoms with E-state index in [0.717, 1.165) is 33.3 Å². The summed E-state index contributed by atoms with van der Waals surface area (Å²) in [5.41, 5.74) is 4.49. The highest BCUT2D eigenvalue weighted by atomic mass is 35.5. The Morgan fingerprint density at radius 3 is 2.72 bits per heavy atom. The number of carbonyl (C=O) groups excluding carboxylic acids is 1. The van der Waals surface area contributed by atoms with Crippen molar-refractivity contribution in [2.24, 2.45) is 5.10 Å². The van der Waals surface area contributed by atoms with Gasteiger partial charge in [-0.25, -0.2) is 9.99 Å². The van der Waals surface area contributed by atoms with Gasteiger partial charge in [0.2, 0.25) is 12.7 Å². The van der Waals surface area contributed by atoms with Crippen molar-refractivity contribution in [3.8, 4) is 11.5 Å². The summed E-state index contributed by atoms with van der Waals surface area (Å²) in [5, 5.41) is 7.34. The largest absolute Gasteiger partial charge is 0.454 e. The maximum absolute atomic E-state index is 12.3. The van der Waals surface area contributed by atoms with E-state index in [4.69, 9.17) is 21.1 Å². The molecule has 0 spiro atoms. The first-order chi connectivity index (χ1) is 14.0. The van der Waals surface area contributed by atoms with Crippen molar-refractivity contribution in [2.45, 2.75) is 26.3 Å². The predicted octanol–water partition coefficient (Wildman–Crippen LogP) is 4.62. The molecule has 146 valence electrons. The van der Waals surface area contributed by atoms with E-state index < -0.39 is 0 Å². The number of benzene rings is 2. The molecule has 2 aliphatic rings. The molecule has 7 heteroatoms. The number of aryl methyl sites for hydroxylation is 1. The second-order valence-corrected chi connectivity index (χ2v) is 7.62. The maximum atomic E-state index is 12.3. The van der Waals surface area contributed by atoms with Gasteiger partial charge < -0.3 is 9.47 Å². The van der Waals surface area contributed by atoms with Crippen molar-refractivity contribution >= 4 is 34.1 Å². The molecule has 3 heterocycles. The molecule has 0 N–H and O–H groups in total. The number of hydrogen-bond acceptors (Lipinski definition) is 5. The van der Waals surface area contributed by atoms with Crippen LogP contribution in [0.4, 0.5) is 0 Å². The summed E-state index contributed by atoms with van der Waals surface area (Å²) in [6.45, 7) is 3.74. The Balaban J connectivity index is 1.57. The number of pyridine rings is 1. The van der Waals surface area contributed by atoms with Crippen LogP contribution in [0.15, 0.2) is 47.6 Å². The Bertz CT molecular complexity index is 1190. The lowest BCUT2D eigenvalue weighted by Gasteiger charge is -2.21. The van der Waals surface area contributed by atoms with Crippen molar-refractivity contribution in [3.63, 3.8) is 0 Å². The van der Waals surface area contributed by atoms with E-state index >= 15 is 0 Å². The van der Waals surface area contributed by atoms with Gasteiger partial charge in [-0.3, -0.25) is 4.79 Å². The van der Waals surface area contributed by atoms with Crippen LogP contribution in [0.2, 0.25) is 5.15 Å². The zero-order valence-corrected chi connectivity index (χ0v) is 16.7. The lowest BCUT2D eigenvalue weighted by Crippen LogP contribution is -2.24. The zero-order chi connectivity index (χ0) is 20.1. The first-order valence-electron chi connectivity index (χ1n) is 9.34. The van der Waals surface area contributed by atoms with Gasteiger partial charge in [0.1, 0.15) is 5.15 Å². The van der Waals surface area contributed by atoms with Crippen LogP contribution in [-0.2, 0) is 4.79 Å². The molecule has 29 heavy (non-hydrogen) atoms. The summed E-state index contributed by atoms with van der Waals surface area (Å²) in [5.74, 6) is 1.20. The Kier molecular flexibility index (Phi) is 4.17. The average molecular weight is 408 g/mol. The zero-order valence-electron chi connectivity index (χ0n) is 16.0. The monoisotopic (exact) mass is 407 g/mol. The molecular weight excluding hydrogens is 390 g/mol. The number of hydrogen-bond donors (Lipinski definition) is 0. The smallest absolute Gasteiger partial charge is 0.240 e. The molecule has 1 aromatic heterocycles. The number of halogens is 1. The molecular formula is C22H18ClN3O3. The van der Waals surface area contributed by atoms with Crippen LogP contribution >= 0.6 is 11.6 Å². The van der Waals surface area contributed by atoms with Crippen molar-refractivity contribution in [2.75, 3.05) is 6.79 Å². The molecule has 0 bridgehead atoms. The van der Waals surface area contributed by atoms with Crippen molar-refractivity contribution in [1.29, 1.82) is 0 Å². The van der Waals surface area contributed by atoms with Gasteiger partial charge in [-0.1, -0.05) is 41.4 Å². The van der Waals surface area contributed by atoms with E-state index in [-0.39, 0.29) is 18.7 Å². The number of rotatable bonds is 2.